The maximum atomic E-state index is 5.54. The van der Waals surface area contributed by atoms with Crippen molar-refractivity contribution in [2.24, 2.45) is 5.73 Å². The Labute approximate surface area is 97.4 Å². The lowest BCUT2D eigenvalue weighted by Crippen LogP contribution is -2.03. The molecule has 0 unspecified atom stereocenters. The van der Waals surface area contributed by atoms with Crippen molar-refractivity contribution < 1.29 is 0 Å². The van der Waals surface area contributed by atoms with E-state index in [1.807, 2.05) is 0 Å². The summed E-state index contributed by atoms with van der Waals surface area (Å²) in [5.41, 5.74) is 7.92. The molecule has 0 amide bonds. The van der Waals surface area contributed by atoms with Crippen LogP contribution in [0, 0.1) is 0 Å². The molecule has 2 N–H and O–H groups in total. The quantitative estimate of drug-likeness (QED) is 0.927. The van der Waals surface area contributed by atoms with Crippen molar-refractivity contribution in [2.75, 3.05) is 6.54 Å². The van der Waals surface area contributed by atoms with E-state index in [1.54, 1.807) is 0 Å². The highest BCUT2D eigenvalue weighted by Crippen LogP contribution is 2.20. The first-order chi connectivity index (χ1) is 7.26. The number of nitrogens with zero attached hydrogens (tertiary/aromatic N) is 2. The SMILES string of the molecule is CCc1nc(Br)c2cc(CCN)ccn12. The van der Waals surface area contributed by atoms with Gasteiger partial charge < -0.3 is 10.1 Å². The van der Waals surface area contributed by atoms with Crippen LogP contribution in [-0.4, -0.2) is 15.9 Å². The standard InChI is InChI=1S/C11H14BrN3/c1-2-10-14-11(12)9-7-8(3-5-13)4-6-15(9)10/h4,6-7H,2-3,5,13H2,1H3. The molecule has 80 valence electrons. The van der Waals surface area contributed by atoms with Crippen LogP contribution < -0.4 is 5.73 Å². The van der Waals surface area contributed by atoms with Gasteiger partial charge in [-0.25, -0.2) is 4.98 Å². The number of hydrogen-bond acceptors (Lipinski definition) is 2. The average Bonchev–Trinajstić information content (AvgIpc) is 2.56. The average molecular weight is 268 g/mol. The molecule has 0 atom stereocenters. The molecule has 2 aromatic heterocycles. The first-order valence-corrected chi connectivity index (χ1v) is 5.91. The first-order valence-electron chi connectivity index (χ1n) is 5.11. The molecule has 2 heterocycles. The van der Waals surface area contributed by atoms with Crippen LogP contribution in [0.15, 0.2) is 22.9 Å². The second kappa shape index (κ2) is 4.33. The molecule has 15 heavy (non-hydrogen) atoms. The van der Waals surface area contributed by atoms with Crippen molar-refractivity contribution in [1.82, 2.24) is 9.38 Å². The van der Waals surface area contributed by atoms with E-state index in [9.17, 15) is 0 Å². The summed E-state index contributed by atoms with van der Waals surface area (Å²) >= 11 is 3.48. The van der Waals surface area contributed by atoms with Gasteiger partial charge in [-0.3, -0.25) is 0 Å². The first kappa shape index (κ1) is 10.6. The van der Waals surface area contributed by atoms with E-state index < -0.39 is 0 Å². The number of aromatic nitrogens is 2. The molecule has 0 aliphatic rings. The molecule has 0 saturated heterocycles. The molecule has 0 aliphatic carbocycles. The molecule has 0 radical (unpaired) electrons. The van der Waals surface area contributed by atoms with Crippen molar-refractivity contribution in [2.45, 2.75) is 19.8 Å². The van der Waals surface area contributed by atoms with Crippen molar-refractivity contribution in [3.05, 3.63) is 34.3 Å². The third-order valence-electron chi connectivity index (χ3n) is 2.49. The van der Waals surface area contributed by atoms with Gasteiger partial charge in [-0.15, -0.1) is 0 Å². The number of pyridine rings is 1. The van der Waals surface area contributed by atoms with Crippen molar-refractivity contribution in [3.63, 3.8) is 0 Å². The molecular weight excluding hydrogens is 254 g/mol. The summed E-state index contributed by atoms with van der Waals surface area (Å²) in [5.74, 6) is 1.08. The second-order valence-electron chi connectivity index (χ2n) is 3.50. The van der Waals surface area contributed by atoms with E-state index in [0.717, 1.165) is 28.8 Å². The fourth-order valence-electron chi connectivity index (χ4n) is 1.72. The van der Waals surface area contributed by atoms with Gasteiger partial charge in [0.2, 0.25) is 0 Å². The van der Waals surface area contributed by atoms with Crippen LogP contribution in [0.25, 0.3) is 5.52 Å². The Kier molecular flexibility index (Phi) is 3.07. The predicted octanol–water partition coefficient (Wildman–Crippen LogP) is 2.16. The van der Waals surface area contributed by atoms with Gasteiger partial charge in [-0.2, -0.15) is 0 Å². The van der Waals surface area contributed by atoms with E-state index in [4.69, 9.17) is 5.73 Å². The lowest BCUT2D eigenvalue weighted by atomic mass is 10.2. The smallest absolute Gasteiger partial charge is 0.132 e. The molecule has 0 bridgehead atoms. The summed E-state index contributed by atoms with van der Waals surface area (Å²) < 4.78 is 3.03. The van der Waals surface area contributed by atoms with Gasteiger partial charge in [-0.1, -0.05) is 6.92 Å². The van der Waals surface area contributed by atoms with Crippen LogP contribution in [0.5, 0.6) is 0 Å². The monoisotopic (exact) mass is 267 g/mol. The van der Waals surface area contributed by atoms with Crippen LogP contribution in [0.3, 0.4) is 0 Å². The third-order valence-corrected chi connectivity index (χ3v) is 3.07. The van der Waals surface area contributed by atoms with Gasteiger partial charge in [0.25, 0.3) is 0 Å². The number of imidazole rings is 1. The zero-order chi connectivity index (χ0) is 10.8. The van der Waals surface area contributed by atoms with E-state index in [2.05, 4.69) is 50.6 Å². The van der Waals surface area contributed by atoms with Gasteiger partial charge in [-0.05, 0) is 46.6 Å². The zero-order valence-corrected chi connectivity index (χ0v) is 10.3. The molecule has 0 aromatic carbocycles. The lowest BCUT2D eigenvalue weighted by Gasteiger charge is -2.01. The summed E-state index contributed by atoms with van der Waals surface area (Å²) in [6.07, 6.45) is 3.91. The predicted molar refractivity (Wildman–Crippen MR) is 65.0 cm³/mol. The van der Waals surface area contributed by atoms with E-state index in [0.29, 0.717) is 6.54 Å². The fourth-order valence-corrected chi connectivity index (χ4v) is 2.23. The molecule has 0 spiro atoms. The summed E-state index contributed by atoms with van der Waals surface area (Å²) in [4.78, 5) is 4.46. The van der Waals surface area contributed by atoms with Crippen LogP contribution in [-0.2, 0) is 12.8 Å². The Balaban J connectivity index is 2.56. The molecule has 0 fully saturated rings. The lowest BCUT2D eigenvalue weighted by molar-refractivity contribution is 0.920. The van der Waals surface area contributed by atoms with Crippen LogP contribution in [0.2, 0.25) is 0 Å². The molecule has 2 rings (SSSR count). The summed E-state index contributed by atoms with van der Waals surface area (Å²) in [7, 11) is 0. The highest BCUT2D eigenvalue weighted by atomic mass is 79.9. The highest BCUT2D eigenvalue weighted by Gasteiger charge is 2.07. The largest absolute Gasteiger partial charge is 0.330 e. The summed E-state index contributed by atoms with van der Waals surface area (Å²) in [5, 5.41) is 0. The Morgan fingerprint density at radius 2 is 2.33 bits per heavy atom. The number of rotatable bonds is 3. The van der Waals surface area contributed by atoms with E-state index in [-0.39, 0.29) is 0 Å². The maximum absolute atomic E-state index is 5.54. The Bertz CT molecular complexity index is 476. The second-order valence-corrected chi connectivity index (χ2v) is 4.25. The van der Waals surface area contributed by atoms with Crippen molar-refractivity contribution in [3.8, 4) is 0 Å². The van der Waals surface area contributed by atoms with Gasteiger partial charge in [0.1, 0.15) is 10.4 Å². The van der Waals surface area contributed by atoms with Crippen molar-refractivity contribution in [1.29, 1.82) is 0 Å². The van der Waals surface area contributed by atoms with Crippen LogP contribution in [0.4, 0.5) is 0 Å². The minimum Gasteiger partial charge on any atom is -0.330 e. The molecule has 2 aromatic rings. The number of aryl methyl sites for hydroxylation is 1. The third kappa shape index (κ3) is 1.92. The fraction of sp³-hybridized carbons (Fsp3) is 0.364. The maximum Gasteiger partial charge on any atom is 0.132 e. The topological polar surface area (TPSA) is 43.3 Å². The Morgan fingerprint density at radius 3 is 3.00 bits per heavy atom. The Morgan fingerprint density at radius 1 is 1.53 bits per heavy atom. The number of nitrogens with two attached hydrogens (primary N) is 1. The molecule has 3 nitrogen and oxygen atoms in total. The molecule has 4 heteroatoms. The molecule has 0 aliphatic heterocycles. The highest BCUT2D eigenvalue weighted by molar-refractivity contribution is 9.10. The van der Waals surface area contributed by atoms with Gasteiger partial charge in [0.05, 0.1) is 5.52 Å². The summed E-state index contributed by atoms with van der Waals surface area (Å²) in [6.45, 7) is 2.79. The van der Waals surface area contributed by atoms with Gasteiger partial charge >= 0.3 is 0 Å². The Hall–Kier alpha value is -0.870. The number of halogens is 1. The molecular formula is C11H14BrN3. The van der Waals surface area contributed by atoms with Crippen LogP contribution >= 0.6 is 15.9 Å². The number of hydrogen-bond donors (Lipinski definition) is 1. The number of fused-ring (bicyclic) bond motifs is 1. The van der Waals surface area contributed by atoms with E-state index in [1.165, 1.54) is 5.56 Å². The van der Waals surface area contributed by atoms with Gasteiger partial charge in [0, 0.05) is 12.6 Å². The minimum atomic E-state index is 0.683. The van der Waals surface area contributed by atoms with E-state index >= 15 is 0 Å². The summed E-state index contributed by atoms with van der Waals surface area (Å²) in [6, 6.07) is 4.25. The van der Waals surface area contributed by atoms with Crippen LogP contribution in [0.1, 0.15) is 18.3 Å². The minimum absolute atomic E-state index is 0.683. The zero-order valence-electron chi connectivity index (χ0n) is 8.70. The normalized spacial score (nSPS) is 11.1. The molecule has 0 saturated carbocycles. The van der Waals surface area contributed by atoms with Crippen molar-refractivity contribution >= 4 is 21.4 Å². The van der Waals surface area contributed by atoms with Gasteiger partial charge in [0.15, 0.2) is 0 Å².